The van der Waals surface area contributed by atoms with Gasteiger partial charge in [0, 0.05) is 11.6 Å². The van der Waals surface area contributed by atoms with Gasteiger partial charge in [0.2, 0.25) is 0 Å². The van der Waals surface area contributed by atoms with E-state index in [-0.39, 0.29) is 11.7 Å². The largest absolute Gasteiger partial charge is 0.508 e. The van der Waals surface area contributed by atoms with Gasteiger partial charge >= 0.3 is 0 Å². The number of rotatable bonds is 4. The molecule has 1 aromatic heterocycles. The zero-order valence-corrected chi connectivity index (χ0v) is 11.4. The fourth-order valence-electron chi connectivity index (χ4n) is 2.28. The molecule has 1 aliphatic carbocycles. The number of aryl methyl sites for hydroxylation is 1. The normalized spacial score (nSPS) is 14.2. The highest BCUT2D eigenvalue weighted by Crippen LogP contribution is 2.30. The Hall–Kier alpha value is -2.23. The molecule has 0 unspecified atom stereocenters. The van der Waals surface area contributed by atoms with Gasteiger partial charge in [-0.1, -0.05) is 0 Å². The van der Waals surface area contributed by atoms with Crippen LogP contribution in [0.15, 0.2) is 41.0 Å². The van der Waals surface area contributed by atoms with E-state index in [0.29, 0.717) is 23.7 Å². The van der Waals surface area contributed by atoms with E-state index in [2.05, 4.69) is 0 Å². The molecule has 1 aromatic carbocycles. The molecule has 0 radical (unpaired) electrons. The molecule has 1 saturated carbocycles. The first-order valence-electron chi connectivity index (χ1n) is 6.78. The second-order valence-electron chi connectivity index (χ2n) is 5.24. The number of furan rings is 1. The van der Waals surface area contributed by atoms with Crippen molar-refractivity contribution in [2.24, 2.45) is 0 Å². The number of phenolic OH excluding ortho intramolecular Hbond substituents is 1. The molecule has 1 amide bonds. The lowest BCUT2D eigenvalue weighted by molar-refractivity contribution is 0.0717. The summed E-state index contributed by atoms with van der Waals surface area (Å²) >= 11 is 0. The predicted molar refractivity (Wildman–Crippen MR) is 74.4 cm³/mol. The van der Waals surface area contributed by atoms with Crippen molar-refractivity contribution in [1.82, 2.24) is 4.90 Å². The van der Waals surface area contributed by atoms with E-state index >= 15 is 0 Å². The Labute approximate surface area is 117 Å². The number of aromatic hydroxyl groups is 1. The summed E-state index contributed by atoms with van der Waals surface area (Å²) in [6.07, 6.45) is 3.71. The number of amides is 1. The van der Waals surface area contributed by atoms with E-state index in [0.717, 1.165) is 18.6 Å². The molecule has 1 heterocycles. The minimum absolute atomic E-state index is 0.00741. The Morgan fingerprint density at radius 2 is 2.20 bits per heavy atom. The van der Waals surface area contributed by atoms with Gasteiger partial charge in [-0.15, -0.1) is 0 Å². The van der Waals surface area contributed by atoms with E-state index < -0.39 is 0 Å². The first kappa shape index (κ1) is 12.8. The monoisotopic (exact) mass is 271 g/mol. The van der Waals surface area contributed by atoms with Crippen LogP contribution in [0.5, 0.6) is 5.75 Å². The third-order valence-electron chi connectivity index (χ3n) is 3.60. The topological polar surface area (TPSA) is 53.7 Å². The van der Waals surface area contributed by atoms with Crippen LogP contribution in [-0.2, 0) is 6.54 Å². The highest BCUT2D eigenvalue weighted by Gasteiger charge is 2.33. The lowest BCUT2D eigenvalue weighted by Gasteiger charge is -2.21. The summed E-state index contributed by atoms with van der Waals surface area (Å²) in [5.74, 6) is 0.998. The lowest BCUT2D eigenvalue weighted by Crippen LogP contribution is -2.32. The van der Waals surface area contributed by atoms with E-state index in [1.807, 2.05) is 17.0 Å². The molecule has 2 aromatic rings. The summed E-state index contributed by atoms with van der Waals surface area (Å²) < 4.78 is 5.34. The van der Waals surface area contributed by atoms with Crippen LogP contribution >= 0.6 is 0 Å². The maximum absolute atomic E-state index is 12.6. The molecular formula is C16H17NO3. The second-order valence-corrected chi connectivity index (χ2v) is 5.24. The Morgan fingerprint density at radius 1 is 1.40 bits per heavy atom. The quantitative estimate of drug-likeness (QED) is 0.929. The number of hydrogen-bond donors (Lipinski definition) is 1. The van der Waals surface area contributed by atoms with Crippen molar-refractivity contribution in [3.63, 3.8) is 0 Å². The number of benzene rings is 1. The van der Waals surface area contributed by atoms with Crippen LogP contribution in [0.1, 0.15) is 34.5 Å². The fourth-order valence-corrected chi connectivity index (χ4v) is 2.28. The van der Waals surface area contributed by atoms with Gasteiger partial charge in [-0.25, -0.2) is 0 Å². The van der Waals surface area contributed by atoms with Crippen molar-refractivity contribution >= 4 is 5.91 Å². The SMILES string of the molecule is Cc1cc(C(=O)N(Cc2ccco2)C2CC2)ccc1O. The molecule has 104 valence electrons. The third kappa shape index (κ3) is 2.54. The van der Waals surface area contributed by atoms with Crippen molar-refractivity contribution < 1.29 is 14.3 Å². The van der Waals surface area contributed by atoms with Crippen molar-refractivity contribution in [3.05, 3.63) is 53.5 Å². The lowest BCUT2D eigenvalue weighted by atomic mass is 10.1. The summed E-state index contributed by atoms with van der Waals surface area (Å²) in [5, 5.41) is 9.55. The Morgan fingerprint density at radius 3 is 2.80 bits per heavy atom. The van der Waals surface area contributed by atoms with Gasteiger partial charge in [0.05, 0.1) is 12.8 Å². The molecule has 3 rings (SSSR count). The van der Waals surface area contributed by atoms with Gasteiger partial charge in [-0.3, -0.25) is 4.79 Å². The van der Waals surface area contributed by atoms with E-state index in [1.165, 1.54) is 0 Å². The molecule has 1 fully saturated rings. The molecule has 0 aliphatic heterocycles. The van der Waals surface area contributed by atoms with Crippen molar-refractivity contribution in [3.8, 4) is 5.75 Å². The van der Waals surface area contributed by atoms with Crippen LogP contribution in [0.4, 0.5) is 0 Å². The van der Waals surface area contributed by atoms with Crippen LogP contribution in [0, 0.1) is 6.92 Å². The van der Waals surface area contributed by atoms with E-state index in [1.54, 1.807) is 31.4 Å². The highest BCUT2D eigenvalue weighted by molar-refractivity contribution is 5.95. The summed E-state index contributed by atoms with van der Waals surface area (Å²) in [6, 6.07) is 8.99. The summed E-state index contributed by atoms with van der Waals surface area (Å²) in [7, 11) is 0. The third-order valence-corrected chi connectivity index (χ3v) is 3.60. The first-order chi connectivity index (χ1) is 9.65. The second kappa shape index (κ2) is 5.04. The maximum atomic E-state index is 12.6. The van der Waals surface area contributed by atoms with E-state index in [9.17, 15) is 9.90 Å². The Kier molecular flexibility index (Phi) is 3.22. The first-order valence-corrected chi connectivity index (χ1v) is 6.78. The summed E-state index contributed by atoms with van der Waals surface area (Å²) in [4.78, 5) is 14.5. The molecule has 4 heteroatoms. The molecule has 1 aliphatic rings. The van der Waals surface area contributed by atoms with Gasteiger partial charge < -0.3 is 14.4 Å². The van der Waals surface area contributed by atoms with Crippen molar-refractivity contribution in [2.45, 2.75) is 32.4 Å². The zero-order valence-electron chi connectivity index (χ0n) is 11.4. The van der Waals surface area contributed by atoms with Crippen LogP contribution in [-0.4, -0.2) is 22.0 Å². The van der Waals surface area contributed by atoms with Gasteiger partial charge in [0.1, 0.15) is 11.5 Å². The van der Waals surface area contributed by atoms with Crippen molar-refractivity contribution in [1.29, 1.82) is 0 Å². The van der Waals surface area contributed by atoms with Crippen LogP contribution in [0.3, 0.4) is 0 Å². The van der Waals surface area contributed by atoms with Crippen LogP contribution in [0.25, 0.3) is 0 Å². The van der Waals surface area contributed by atoms with Crippen LogP contribution < -0.4 is 0 Å². The van der Waals surface area contributed by atoms with Gasteiger partial charge in [0.25, 0.3) is 5.91 Å². The Balaban J connectivity index is 1.83. The van der Waals surface area contributed by atoms with Gasteiger partial charge in [-0.05, 0) is 55.7 Å². The molecule has 20 heavy (non-hydrogen) atoms. The number of carbonyl (C=O) groups is 1. The maximum Gasteiger partial charge on any atom is 0.254 e. The molecule has 0 spiro atoms. The average molecular weight is 271 g/mol. The molecular weight excluding hydrogens is 254 g/mol. The molecule has 1 N–H and O–H groups in total. The zero-order chi connectivity index (χ0) is 14.1. The average Bonchev–Trinajstić information content (AvgIpc) is 3.15. The predicted octanol–water partition coefficient (Wildman–Crippen LogP) is 3.10. The highest BCUT2D eigenvalue weighted by atomic mass is 16.3. The summed E-state index contributed by atoms with van der Waals surface area (Å²) in [5.41, 5.74) is 1.32. The molecule has 4 nitrogen and oxygen atoms in total. The van der Waals surface area contributed by atoms with E-state index in [4.69, 9.17) is 4.42 Å². The standard InChI is InChI=1S/C16H17NO3/c1-11-9-12(4-7-15(11)18)16(19)17(13-5-6-13)10-14-3-2-8-20-14/h2-4,7-9,13,18H,5-6,10H2,1H3. The number of nitrogens with zero attached hydrogens (tertiary/aromatic N) is 1. The fraction of sp³-hybridized carbons (Fsp3) is 0.312. The number of carbonyl (C=O) groups excluding carboxylic acids is 1. The van der Waals surface area contributed by atoms with Gasteiger partial charge in [0.15, 0.2) is 0 Å². The minimum Gasteiger partial charge on any atom is -0.508 e. The van der Waals surface area contributed by atoms with Crippen molar-refractivity contribution in [2.75, 3.05) is 0 Å². The molecule has 0 atom stereocenters. The van der Waals surface area contributed by atoms with Crippen LogP contribution in [0.2, 0.25) is 0 Å². The molecule has 0 saturated heterocycles. The smallest absolute Gasteiger partial charge is 0.254 e. The van der Waals surface area contributed by atoms with Gasteiger partial charge in [-0.2, -0.15) is 0 Å². The summed E-state index contributed by atoms with van der Waals surface area (Å²) in [6.45, 7) is 2.29. The molecule has 0 bridgehead atoms. The number of hydrogen-bond acceptors (Lipinski definition) is 3. The number of phenols is 1. The minimum atomic E-state index is -0.00741. The Bertz CT molecular complexity index is 615.